The first-order valence-electron chi connectivity index (χ1n) is 9.03. The molecule has 30 heavy (non-hydrogen) atoms. The Morgan fingerprint density at radius 3 is 2.27 bits per heavy atom. The molecule has 2 amide bonds. The molecule has 0 fully saturated rings. The second-order valence-corrected chi connectivity index (χ2v) is 7.18. The van der Waals surface area contributed by atoms with Crippen LogP contribution in [0.1, 0.15) is 11.1 Å². The van der Waals surface area contributed by atoms with Crippen LogP contribution in [0.4, 0.5) is 20.2 Å². The number of amides is 2. The number of imide groups is 1. The maximum atomic E-state index is 13.7. The second kappa shape index (κ2) is 7.72. The number of benzene rings is 3. The summed E-state index contributed by atoms with van der Waals surface area (Å²) in [5.74, 6) is -2.35. The molecule has 0 saturated carbocycles. The molecule has 0 aromatic heterocycles. The average Bonchev–Trinajstić information content (AvgIpc) is 2.95. The molecule has 1 aliphatic rings. The molecule has 150 valence electrons. The van der Waals surface area contributed by atoms with Crippen molar-refractivity contribution in [2.75, 3.05) is 10.2 Å². The Kier molecular flexibility index (Phi) is 5.10. The van der Waals surface area contributed by atoms with E-state index in [1.54, 1.807) is 18.2 Å². The average molecular weight is 425 g/mol. The van der Waals surface area contributed by atoms with Gasteiger partial charge < -0.3 is 5.32 Å². The number of hydrogen-bond donors (Lipinski definition) is 1. The van der Waals surface area contributed by atoms with Crippen molar-refractivity contribution in [3.63, 3.8) is 0 Å². The van der Waals surface area contributed by atoms with Crippen LogP contribution in [-0.4, -0.2) is 11.8 Å². The summed E-state index contributed by atoms with van der Waals surface area (Å²) in [6.07, 6.45) is 0. The number of halogens is 3. The molecule has 3 aromatic carbocycles. The van der Waals surface area contributed by atoms with Gasteiger partial charge in [-0.25, -0.2) is 13.7 Å². The SMILES string of the molecule is Cc1ccc(NC2=C(c3ccc(F)cc3)C(=O)N(c3cccc(F)c3)C2=O)cc1Cl. The van der Waals surface area contributed by atoms with E-state index in [0.717, 1.165) is 16.5 Å². The third-order valence-electron chi connectivity index (χ3n) is 4.72. The van der Waals surface area contributed by atoms with E-state index in [2.05, 4.69) is 5.32 Å². The summed E-state index contributed by atoms with van der Waals surface area (Å²) >= 11 is 6.18. The van der Waals surface area contributed by atoms with Gasteiger partial charge in [0.15, 0.2) is 0 Å². The Hall–Kier alpha value is -3.51. The van der Waals surface area contributed by atoms with Crippen LogP contribution in [0.3, 0.4) is 0 Å². The van der Waals surface area contributed by atoms with Crippen molar-refractivity contribution in [2.24, 2.45) is 0 Å². The fraction of sp³-hybridized carbons (Fsp3) is 0.0435. The fourth-order valence-electron chi connectivity index (χ4n) is 3.19. The maximum Gasteiger partial charge on any atom is 0.282 e. The van der Waals surface area contributed by atoms with E-state index in [9.17, 15) is 18.4 Å². The number of carbonyl (C=O) groups excluding carboxylic acids is 2. The highest BCUT2D eigenvalue weighted by molar-refractivity contribution is 6.46. The molecule has 4 rings (SSSR count). The summed E-state index contributed by atoms with van der Waals surface area (Å²) in [6.45, 7) is 1.84. The Labute approximate surface area is 176 Å². The lowest BCUT2D eigenvalue weighted by Gasteiger charge is -2.15. The van der Waals surface area contributed by atoms with Gasteiger partial charge >= 0.3 is 0 Å². The van der Waals surface area contributed by atoms with Crippen LogP contribution in [0, 0.1) is 18.6 Å². The van der Waals surface area contributed by atoms with E-state index in [4.69, 9.17) is 11.6 Å². The first-order valence-corrected chi connectivity index (χ1v) is 9.40. The van der Waals surface area contributed by atoms with Crippen LogP contribution in [0.25, 0.3) is 5.57 Å². The third-order valence-corrected chi connectivity index (χ3v) is 5.13. The largest absolute Gasteiger partial charge is 0.350 e. The molecule has 0 radical (unpaired) electrons. The predicted octanol–water partition coefficient (Wildman–Crippen LogP) is 5.32. The minimum absolute atomic E-state index is 0.00390. The molecule has 0 spiro atoms. The monoisotopic (exact) mass is 424 g/mol. The highest BCUT2D eigenvalue weighted by Crippen LogP contribution is 2.34. The Morgan fingerprint density at radius 1 is 0.867 bits per heavy atom. The van der Waals surface area contributed by atoms with Gasteiger partial charge in [0.1, 0.15) is 17.3 Å². The van der Waals surface area contributed by atoms with Crippen molar-refractivity contribution in [3.8, 4) is 0 Å². The first kappa shape index (κ1) is 19.8. The van der Waals surface area contributed by atoms with Crippen molar-refractivity contribution >= 4 is 40.4 Å². The zero-order valence-electron chi connectivity index (χ0n) is 15.7. The Balaban J connectivity index is 1.83. The van der Waals surface area contributed by atoms with Crippen LogP contribution in [-0.2, 0) is 9.59 Å². The summed E-state index contributed by atoms with van der Waals surface area (Å²) in [5, 5.41) is 3.45. The highest BCUT2D eigenvalue weighted by atomic mass is 35.5. The van der Waals surface area contributed by atoms with E-state index in [1.807, 2.05) is 6.92 Å². The Bertz CT molecular complexity index is 1210. The van der Waals surface area contributed by atoms with E-state index in [1.165, 1.54) is 42.5 Å². The van der Waals surface area contributed by atoms with Crippen LogP contribution >= 0.6 is 11.6 Å². The lowest BCUT2D eigenvalue weighted by molar-refractivity contribution is -0.120. The highest BCUT2D eigenvalue weighted by Gasteiger charge is 2.40. The van der Waals surface area contributed by atoms with E-state index in [-0.39, 0.29) is 17.0 Å². The van der Waals surface area contributed by atoms with Gasteiger partial charge in [-0.2, -0.15) is 0 Å². The molecule has 3 aromatic rings. The number of carbonyl (C=O) groups is 2. The Morgan fingerprint density at radius 2 is 1.60 bits per heavy atom. The van der Waals surface area contributed by atoms with E-state index < -0.39 is 23.4 Å². The van der Waals surface area contributed by atoms with Gasteiger partial charge in [-0.15, -0.1) is 0 Å². The van der Waals surface area contributed by atoms with E-state index in [0.29, 0.717) is 16.3 Å². The van der Waals surface area contributed by atoms with E-state index >= 15 is 0 Å². The molecule has 1 aliphatic heterocycles. The van der Waals surface area contributed by atoms with Crippen molar-refractivity contribution in [1.29, 1.82) is 0 Å². The normalized spacial score (nSPS) is 13.9. The topological polar surface area (TPSA) is 49.4 Å². The molecule has 0 aliphatic carbocycles. The summed E-state index contributed by atoms with van der Waals surface area (Å²) in [4.78, 5) is 27.3. The third kappa shape index (κ3) is 3.57. The predicted molar refractivity (Wildman–Crippen MR) is 112 cm³/mol. The lowest BCUT2D eigenvalue weighted by Crippen LogP contribution is -2.32. The van der Waals surface area contributed by atoms with Crippen molar-refractivity contribution in [3.05, 3.63) is 100 Å². The molecule has 0 bridgehead atoms. The summed E-state index contributed by atoms with van der Waals surface area (Å²) in [6, 6.07) is 15.5. The zero-order chi connectivity index (χ0) is 21.4. The van der Waals surface area contributed by atoms with Gasteiger partial charge in [0.25, 0.3) is 11.8 Å². The quantitative estimate of drug-likeness (QED) is 0.576. The number of hydrogen-bond acceptors (Lipinski definition) is 3. The minimum Gasteiger partial charge on any atom is -0.350 e. The van der Waals surface area contributed by atoms with Crippen molar-refractivity contribution in [2.45, 2.75) is 6.92 Å². The number of nitrogens with one attached hydrogen (secondary N) is 1. The molecule has 0 atom stereocenters. The van der Waals surface area contributed by atoms with Gasteiger partial charge in [0.05, 0.1) is 11.3 Å². The molecular formula is C23H15ClF2N2O2. The number of rotatable bonds is 4. The smallest absolute Gasteiger partial charge is 0.282 e. The van der Waals surface area contributed by atoms with Gasteiger partial charge in [0, 0.05) is 10.7 Å². The van der Waals surface area contributed by atoms with Crippen LogP contribution in [0.2, 0.25) is 5.02 Å². The van der Waals surface area contributed by atoms with Gasteiger partial charge in [-0.05, 0) is 60.5 Å². The summed E-state index contributed by atoms with van der Waals surface area (Å²) in [7, 11) is 0. The second-order valence-electron chi connectivity index (χ2n) is 6.77. The zero-order valence-corrected chi connectivity index (χ0v) is 16.5. The molecular weight excluding hydrogens is 410 g/mol. The number of aryl methyl sites for hydroxylation is 1. The molecule has 4 nitrogen and oxygen atoms in total. The minimum atomic E-state index is -0.651. The number of nitrogens with zero attached hydrogens (tertiary/aromatic N) is 1. The molecule has 7 heteroatoms. The van der Waals surface area contributed by atoms with Gasteiger partial charge in [-0.3, -0.25) is 9.59 Å². The summed E-state index contributed by atoms with van der Waals surface area (Å²) < 4.78 is 27.1. The lowest BCUT2D eigenvalue weighted by atomic mass is 10.0. The van der Waals surface area contributed by atoms with Gasteiger partial charge in [-0.1, -0.05) is 35.9 Å². The number of anilines is 2. The fourth-order valence-corrected chi connectivity index (χ4v) is 3.38. The van der Waals surface area contributed by atoms with Crippen LogP contribution in [0.15, 0.2) is 72.4 Å². The van der Waals surface area contributed by atoms with Crippen LogP contribution < -0.4 is 10.2 Å². The van der Waals surface area contributed by atoms with Gasteiger partial charge in [0.2, 0.25) is 0 Å². The first-order chi connectivity index (χ1) is 14.3. The van der Waals surface area contributed by atoms with Crippen molar-refractivity contribution in [1.82, 2.24) is 0 Å². The van der Waals surface area contributed by atoms with Crippen molar-refractivity contribution < 1.29 is 18.4 Å². The molecule has 0 saturated heterocycles. The molecule has 0 unspecified atom stereocenters. The molecule has 1 N–H and O–H groups in total. The molecule has 1 heterocycles. The van der Waals surface area contributed by atoms with Crippen LogP contribution in [0.5, 0.6) is 0 Å². The summed E-state index contributed by atoms with van der Waals surface area (Å²) in [5.41, 5.74) is 1.86. The maximum absolute atomic E-state index is 13.7. The standard InChI is InChI=1S/C23H15ClF2N2O2/c1-13-5-10-17(12-19(13)24)27-21-20(14-6-8-15(25)9-7-14)22(29)28(23(21)30)18-4-2-3-16(26)11-18/h2-12,27H,1H3.